The number of carbonyl (C=O) groups is 2. The number of rotatable bonds is 2. The first-order chi connectivity index (χ1) is 9.68. The maximum absolute atomic E-state index is 12.0. The average molecular weight is 295 g/mol. The van der Waals surface area contributed by atoms with Crippen molar-refractivity contribution >= 4 is 12.1 Å². The lowest BCUT2D eigenvalue weighted by Crippen LogP contribution is -2.61. The number of carbonyl (C=O) groups excluding carboxylic acids is 1. The molecule has 21 heavy (non-hydrogen) atoms. The van der Waals surface area contributed by atoms with E-state index in [9.17, 15) is 14.7 Å². The van der Waals surface area contributed by atoms with Gasteiger partial charge in [0.2, 0.25) is 0 Å². The molecule has 0 saturated heterocycles. The van der Waals surface area contributed by atoms with Crippen molar-refractivity contribution in [2.45, 2.75) is 64.5 Å². The Hall–Kier alpha value is -1.26. The van der Waals surface area contributed by atoms with Gasteiger partial charge in [0.1, 0.15) is 5.60 Å². The van der Waals surface area contributed by atoms with Gasteiger partial charge >= 0.3 is 12.1 Å². The summed E-state index contributed by atoms with van der Waals surface area (Å²) in [5, 5.41) is 12.6. The number of hydrogen-bond acceptors (Lipinski definition) is 3. The number of alkyl carbamates (subject to hydrolysis) is 1. The van der Waals surface area contributed by atoms with Gasteiger partial charge in [0, 0.05) is 6.04 Å². The molecule has 2 unspecified atom stereocenters. The first kappa shape index (κ1) is 14.7. The van der Waals surface area contributed by atoms with Crippen molar-refractivity contribution in [1.29, 1.82) is 0 Å². The summed E-state index contributed by atoms with van der Waals surface area (Å²) in [6.45, 7) is 5.55. The molecule has 0 aromatic rings. The Balaban J connectivity index is 1.70. The van der Waals surface area contributed by atoms with E-state index in [1.165, 1.54) is 0 Å². The lowest BCUT2D eigenvalue weighted by molar-refractivity contribution is -0.167. The van der Waals surface area contributed by atoms with Crippen molar-refractivity contribution in [2.75, 3.05) is 0 Å². The second kappa shape index (κ2) is 4.62. The number of aliphatic carboxylic acids is 1. The molecular formula is C16H25NO4. The summed E-state index contributed by atoms with van der Waals surface area (Å²) in [4.78, 5) is 23.7. The summed E-state index contributed by atoms with van der Waals surface area (Å²) < 4.78 is 5.35. The molecule has 4 saturated carbocycles. The highest BCUT2D eigenvalue weighted by atomic mass is 16.6. The van der Waals surface area contributed by atoms with Crippen LogP contribution in [-0.2, 0) is 9.53 Å². The summed E-state index contributed by atoms with van der Waals surface area (Å²) in [5.74, 6) is 0.465. The topological polar surface area (TPSA) is 75.6 Å². The standard InChI is InChI=1S/C16H25NO4/c1-15(2,3)21-14(20)17-12-10-4-9-5-11(12)8-16(6-9,7-10)13(18)19/h9-12H,4-8H2,1-3H3,(H,17,20)(H,18,19)/t9?,10-,11+,12+,16?. The summed E-state index contributed by atoms with van der Waals surface area (Å²) in [6.07, 6.45) is 3.96. The Bertz CT molecular complexity index is 451. The summed E-state index contributed by atoms with van der Waals surface area (Å²) in [7, 11) is 0. The summed E-state index contributed by atoms with van der Waals surface area (Å²) >= 11 is 0. The fraction of sp³-hybridized carbons (Fsp3) is 0.875. The zero-order chi connectivity index (χ0) is 15.4. The van der Waals surface area contributed by atoms with Gasteiger partial charge in [-0.1, -0.05) is 0 Å². The molecule has 4 bridgehead atoms. The molecule has 118 valence electrons. The molecule has 5 heteroatoms. The fourth-order valence-electron chi connectivity index (χ4n) is 4.97. The van der Waals surface area contributed by atoms with Gasteiger partial charge in [0.05, 0.1) is 5.41 Å². The smallest absolute Gasteiger partial charge is 0.407 e. The van der Waals surface area contributed by atoms with Crippen LogP contribution in [0.2, 0.25) is 0 Å². The van der Waals surface area contributed by atoms with Gasteiger partial charge < -0.3 is 15.2 Å². The molecule has 4 aliphatic carbocycles. The Morgan fingerprint density at radius 1 is 1.14 bits per heavy atom. The van der Waals surface area contributed by atoms with Crippen molar-refractivity contribution in [2.24, 2.45) is 23.2 Å². The zero-order valence-corrected chi connectivity index (χ0v) is 13.0. The van der Waals surface area contributed by atoms with E-state index in [0.29, 0.717) is 30.6 Å². The van der Waals surface area contributed by atoms with Crippen LogP contribution in [0.4, 0.5) is 4.79 Å². The molecular weight excluding hydrogens is 270 g/mol. The molecule has 2 N–H and O–H groups in total. The van der Waals surface area contributed by atoms with E-state index in [4.69, 9.17) is 4.74 Å². The average Bonchev–Trinajstić information content (AvgIpc) is 2.30. The summed E-state index contributed by atoms with van der Waals surface area (Å²) in [6, 6.07) is 0.0869. The number of carboxylic acids is 1. The van der Waals surface area contributed by atoms with E-state index >= 15 is 0 Å². The lowest BCUT2D eigenvalue weighted by Gasteiger charge is -2.58. The van der Waals surface area contributed by atoms with Crippen molar-refractivity contribution in [3.8, 4) is 0 Å². The molecule has 4 rings (SSSR count). The van der Waals surface area contributed by atoms with Crippen molar-refractivity contribution < 1.29 is 19.4 Å². The molecule has 4 aliphatic rings. The van der Waals surface area contributed by atoms with E-state index in [1.807, 2.05) is 20.8 Å². The van der Waals surface area contributed by atoms with Crippen LogP contribution in [-0.4, -0.2) is 28.8 Å². The van der Waals surface area contributed by atoms with Crippen LogP contribution >= 0.6 is 0 Å². The second-order valence-corrected chi connectivity index (χ2v) is 8.23. The quantitative estimate of drug-likeness (QED) is 0.821. The largest absolute Gasteiger partial charge is 0.481 e. The maximum atomic E-state index is 12.0. The molecule has 0 aromatic heterocycles. The third-order valence-electron chi connectivity index (χ3n) is 5.41. The number of carboxylic acid groups (broad SMARTS) is 1. The van der Waals surface area contributed by atoms with Gasteiger partial charge in [-0.2, -0.15) is 0 Å². The van der Waals surface area contributed by atoms with Crippen LogP contribution in [0.3, 0.4) is 0 Å². The highest BCUT2D eigenvalue weighted by Gasteiger charge is 2.59. The molecule has 0 spiro atoms. The summed E-state index contributed by atoms with van der Waals surface area (Å²) in [5.41, 5.74) is -1.03. The molecule has 0 radical (unpaired) electrons. The zero-order valence-electron chi connectivity index (χ0n) is 13.0. The van der Waals surface area contributed by atoms with E-state index in [2.05, 4.69) is 5.32 Å². The van der Waals surface area contributed by atoms with E-state index in [1.54, 1.807) is 0 Å². The predicted octanol–water partition coefficient (Wildman–Crippen LogP) is 2.79. The van der Waals surface area contributed by atoms with Crippen LogP contribution in [0.15, 0.2) is 0 Å². The van der Waals surface area contributed by atoms with Crippen molar-refractivity contribution in [1.82, 2.24) is 5.32 Å². The molecule has 5 nitrogen and oxygen atoms in total. The number of hydrogen-bond donors (Lipinski definition) is 2. The minimum Gasteiger partial charge on any atom is -0.481 e. The number of nitrogens with one attached hydrogen (secondary N) is 1. The Morgan fingerprint density at radius 3 is 2.19 bits per heavy atom. The molecule has 0 aliphatic heterocycles. The Kier molecular flexibility index (Phi) is 3.22. The number of amides is 1. The molecule has 1 amide bonds. The maximum Gasteiger partial charge on any atom is 0.407 e. The minimum atomic E-state index is -0.641. The van der Waals surface area contributed by atoms with E-state index in [-0.39, 0.29) is 12.1 Å². The molecule has 0 heterocycles. The lowest BCUT2D eigenvalue weighted by atomic mass is 9.48. The van der Waals surface area contributed by atoms with Gasteiger partial charge in [-0.25, -0.2) is 4.79 Å². The van der Waals surface area contributed by atoms with Crippen LogP contribution in [0.25, 0.3) is 0 Å². The van der Waals surface area contributed by atoms with Gasteiger partial charge in [-0.15, -0.1) is 0 Å². The fourth-order valence-corrected chi connectivity index (χ4v) is 4.97. The van der Waals surface area contributed by atoms with Gasteiger partial charge in [0.25, 0.3) is 0 Å². The molecule has 0 aromatic carbocycles. The molecule has 4 fully saturated rings. The molecule has 5 atom stereocenters. The first-order valence-electron chi connectivity index (χ1n) is 7.91. The number of ether oxygens (including phenoxy) is 1. The van der Waals surface area contributed by atoms with Gasteiger partial charge in [0.15, 0.2) is 0 Å². The second-order valence-electron chi connectivity index (χ2n) is 8.23. The third-order valence-corrected chi connectivity index (χ3v) is 5.41. The highest BCUT2D eigenvalue weighted by molar-refractivity contribution is 5.75. The highest BCUT2D eigenvalue weighted by Crippen LogP contribution is 2.60. The van der Waals surface area contributed by atoms with Crippen LogP contribution in [0.1, 0.15) is 52.9 Å². The predicted molar refractivity (Wildman–Crippen MR) is 76.8 cm³/mol. The Morgan fingerprint density at radius 2 is 1.71 bits per heavy atom. The van der Waals surface area contributed by atoms with Crippen molar-refractivity contribution in [3.05, 3.63) is 0 Å². The Labute approximate surface area is 125 Å². The third kappa shape index (κ3) is 2.62. The first-order valence-corrected chi connectivity index (χ1v) is 7.91. The van der Waals surface area contributed by atoms with Crippen LogP contribution in [0.5, 0.6) is 0 Å². The van der Waals surface area contributed by atoms with Gasteiger partial charge in [-0.3, -0.25) is 4.79 Å². The van der Waals surface area contributed by atoms with Crippen molar-refractivity contribution in [3.63, 3.8) is 0 Å². The van der Waals surface area contributed by atoms with Crippen LogP contribution in [0, 0.1) is 23.2 Å². The van der Waals surface area contributed by atoms with Gasteiger partial charge in [-0.05, 0) is 70.6 Å². The monoisotopic (exact) mass is 295 g/mol. The minimum absolute atomic E-state index is 0.0869. The normalized spacial score (nSPS) is 40.9. The van der Waals surface area contributed by atoms with E-state index in [0.717, 1.165) is 19.3 Å². The van der Waals surface area contributed by atoms with Crippen LogP contribution < -0.4 is 5.32 Å². The SMILES string of the molecule is CC(C)(C)OC(=O)N[C@H]1[C@@H]2CC3C[C@H]1CC(C(=O)O)(C3)C2. The van der Waals surface area contributed by atoms with E-state index < -0.39 is 17.0 Å².